The summed E-state index contributed by atoms with van der Waals surface area (Å²) in [4.78, 5) is 23.3. The van der Waals surface area contributed by atoms with Crippen LogP contribution in [-0.4, -0.2) is 39.1 Å². The number of nitrogens with zero attached hydrogens (tertiary/aromatic N) is 1. The summed E-state index contributed by atoms with van der Waals surface area (Å²) in [5, 5.41) is 8.77. The first-order valence-corrected chi connectivity index (χ1v) is 5.29. The molecule has 0 spiro atoms. The Morgan fingerprint density at radius 3 is 2.80 bits per heavy atom. The van der Waals surface area contributed by atoms with Crippen molar-refractivity contribution >= 4 is 47.6 Å². The van der Waals surface area contributed by atoms with Crippen molar-refractivity contribution < 1.29 is 14.7 Å². The summed E-state index contributed by atoms with van der Waals surface area (Å²) in [7, 11) is 0. The molecule has 0 aromatic heterocycles. The Kier molecular flexibility index (Phi) is 3.55. The van der Waals surface area contributed by atoms with Crippen LogP contribution in [0.15, 0.2) is 10.7 Å². The van der Waals surface area contributed by atoms with Crippen LogP contribution in [0, 0.1) is 0 Å². The van der Waals surface area contributed by atoms with Gasteiger partial charge in [0.15, 0.2) is 0 Å². The average Bonchev–Trinajstić information content (AvgIpc) is 2.15. The van der Waals surface area contributed by atoms with E-state index in [1.165, 1.54) is 11.8 Å². The Balaban J connectivity index is 0.00000112. The van der Waals surface area contributed by atoms with Gasteiger partial charge in [0.2, 0.25) is 5.91 Å². The van der Waals surface area contributed by atoms with Crippen molar-refractivity contribution in [2.45, 2.75) is 11.4 Å². The van der Waals surface area contributed by atoms with Gasteiger partial charge in [-0.3, -0.25) is 9.69 Å². The molecule has 2 atom stereocenters. The lowest BCUT2D eigenvalue weighted by Crippen LogP contribution is -2.68. The SMILES string of the molecule is Cl.NC1C(=O)N2C(C(=O)O)=C(Cl)CS[C@H]12. The van der Waals surface area contributed by atoms with Gasteiger partial charge in [0.1, 0.15) is 17.1 Å². The fourth-order valence-corrected chi connectivity index (χ4v) is 2.98. The van der Waals surface area contributed by atoms with E-state index >= 15 is 0 Å². The summed E-state index contributed by atoms with van der Waals surface area (Å²) in [6.45, 7) is 0. The number of carbonyl (C=O) groups excluding carboxylic acids is 1. The van der Waals surface area contributed by atoms with Crippen LogP contribution in [-0.2, 0) is 9.59 Å². The van der Waals surface area contributed by atoms with Crippen LogP contribution in [0.25, 0.3) is 0 Å². The Labute approximate surface area is 101 Å². The molecular weight excluding hydrogens is 263 g/mol. The molecule has 1 saturated heterocycles. The number of rotatable bonds is 1. The quantitative estimate of drug-likeness (QED) is 0.665. The number of nitrogens with two attached hydrogens (primary N) is 1. The highest BCUT2D eigenvalue weighted by atomic mass is 35.5. The van der Waals surface area contributed by atoms with Gasteiger partial charge in [0.25, 0.3) is 0 Å². The van der Waals surface area contributed by atoms with Crippen LogP contribution < -0.4 is 5.73 Å². The topological polar surface area (TPSA) is 83.6 Å². The summed E-state index contributed by atoms with van der Waals surface area (Å²) in [6.07, 6.45) is 0. The van der Waals surface area contributed by atoms with Gasteiger partial charge in [0, 0.05) is 5.75 Å². The lowest BCUT2D eigenvalue weighted by Gasteiger charge is -2.47. The van der Waals surface area contributed by atoms with Crippen LogP contribution in [0.3, 0.4) is 0 Å². The van der Waals surface area contributed by atoms with Crippen LogP contribution in [0.5, 0.6) is 0 Å². The second kappa shape index (κ2) is 4.21. The molecule has 8 heteroatoms. The van der Waals surface area contributed by atoms with Crippen LogP contribution in [0.2, 0.25) is 0 Å². The van der Waals surface area contributed by atoms with Gasteiger partial charge < -0.3 is 10.8 Å². The molecule has 0 aromatic rings. The zero-order valence-corrected chi connectivity index (χ0v) is 9.73. The molecule has 2 heterocycles. The number of β-lactam (4-membered cyclic amide) rings is 1. The van der Waals surface area contributed by atoms with E-state index in [2.05, 4.69) is 0 Å². The average molecular weight is 271 g/mol. The van der Waals surface area contributed by atoms with Gasteiger partial charge in [-0.05, 0) is 0 Å². The molecule has 2 rings (SSSR count). The molecule has 0 aromatic carbocycles. The first kappa shape index (κ1) is 12.6. The zero-order chi connectivity index (χ0) is 10.5. The van der Waals surface area contributed by atoms with Crippen LogP contribution in [0.1, 0.15) is 0 Å². The Hall–Kier alpha value is -0.430. The third kappa shape index (κ3) is 1.71. The van der Waals surface area contributed by atoms with Gasteiger partial charge >= 0.3 is 5.97 Å². The number of carboxylic acids is 1. The minimum atomic E-state index is -1.18. The second-order valence-corrected chi connectivity index (χ2v) is 4.56. The third-order valence-corrected chi connectivity index (χ3v) is 3.94. The van der Waals surface area contributed by atoms with E-state index in [-0.39, 0.29) is 34.4 Å². The smallest absolute Gasteiger partial charge is 0.353 e. The number of hydrogen-bond donors (Lipinski definition) is 2. The maximum Gasteiger partial charge on any atom is 0.353 e. The number of aliphatic carboxylic acids is 1. The largest absolute Gasteiger partial charge is 0.477 e. The van der Waals surface area contributed by atoms with E-state index in [4.69, 9.17) is 22.4 Å². The highest BCUT2D eigenvalue weighted by molar-refractivity contribution is 8.00. The van der Waals surface area contributed by atoms with Crippen molar-refractivity contribution in [3.05, 3.63) is 10.7 Å². The molecule has 15 heavy (non-hydrogen) atoms. The molecule has 5 nitrogen and oxygen atoms in total. The second-order valence-electron chi connectivity index (χ2n) is 2.99. The fourth-order valence-electron chi connectivity index (χ4n) is 1.48. The van der Waals surface area contributed by atoms with E-state index in [0.717, 1.165) is 4.90 Å². The van der Waals surface area contributed by atoms with Crippen LogP contribution in [0.4, 0.5) is 0 Å². The van der Waals surface area contributed by atoms with E-state index in [9.17, 15) is 9.59 Å². The molecule has 2 aliphatic heterocycles. The number of halogens is 2. The number of carboxylic acid groups (broad SMARTS) is 1. The molecule has 1 unspecified atom stereocenters. The third-order valence-electron chi connectivity index (χ3n) is 2.17. The predicted molar refractivity (Wildman–Crippen MR) is 58.8 cm³/mol. The number of thioether (sulfide) groups is 1. The van der Waals surface area contributed by atoms with E-state index in [0.29, 0.717) is 5.75 Å². The molecule has 84 valence electrons. The van der Waals surface area contributed by atoms with Crippen LogP contribution >= 0.6 is 35.8 Å². The van der Waals surface area contributed by atoms with Gasteiger partial charge in [0.05, 0.1) is 5.03 Å². The molecule has 0 saturated carbocycles. The fraction of sp³-hybridized carbons (Fsp3) is 0.429. The summed E-state index contributed by atoms with van der Waals surface area (Å²) >= 11 is 7.11. The lowest BCUT2D eigenvalue weighted by atomic mass is 10.1. The van der Waals surface area contributed by atoms with Gasteiger partial charge in [-0.1, -0.05) is 11.6 Å². The van der Waals surface area contributed by atoms with Crippen molar-refractivity contribution in [3.8, 4) is 0 Å². The van der Waals surface area contributed by atoms with Crippen molar-refractivity contribution in [2.75, 3.05) is 5.75 Å². The lowest BCUT2D eigenvalue weighted by molar-refractivity contribution is -0.147. The molecule has 0 bridgehead atoms. The van der Waals surface area contributed by atoms with Gasteiger partial charge in [-0.2, -0.15) is 0 Å². The summed E-state index contributed by atoms with van der Waals surface area (Å²) in [6, 6.07) is -0.598. The van der Waals surface area contributed by atoms with Crippen molar-refractivity contribution in [1.29, 1.82) is 0 Å². The van der Waals surface area contributed by atoms with Gasteiger partial charge in [-0.15, -0.1) is 24.2 Å². The number of hydrogen-bond acceptors (Lipinski definition) is 4. The van der Waals surface area contributed by atoms with Crippen molar-refractivity contribution in [2.24, 2.45) is 5.73 Å². The number of fused-ring (bicyclic) bond motifs is 1. The molecule has 1 amide bonds. The molecule has 0 aliphatic carbocycles. The Morgan fingerprint density at radius 1 is 1.67 bits per heavy atom. The zero-order valence-electron chi connectivity index (χ0n) is 7.34. The minimum Gasteiger partial charge on any atom is -0.477 e. The molecule has 2 aliphatic rings. The van der Waals surface area contributed by atoms with E-state index in [1.54, 1.807) is 0 Å². The summed E-state index contributed by atoms with van der Waals surface area (Å²) in [5.74, 6) is -1.16. The van der Waals surface area contributed by atoms with Gasteiger partial charge in [-0.25, -0.2) is 4.79 Å². The highest BCUT2D eigenvalue weighted by Gasteiger charge is 2.51. The summed E-state index contributed by atoms with van der Waals surface area (Å²) < 4.78 is 0. The highest BCUT2D eigenvalue weighted by Crippen LogP contribution is 2.40. The standard InChI is InChI=1S/C7H7ClN2O3S.ClH/c8-2-1-14-6-3(9)5(11)10(6)4(2)7(12)13;/h3,6H,1,9H2,(H,12,13);1H/t3?,6-;/m1./s1. The Bertz CT molecular complexity index is 360. The molecule has 0 radical (unpaired) electrons. The normalized spacial score (nSPS) is 29.2. The van der Waals surface area contributed by atoms with Crippen molar-refractivity contribution in [1.82, 2.24) is 4.90 Å². The summed E-state index contributed by atoms with van der Waals surface area (Å²) in [5.41, 5.74) is 5.39. The van der Waals surface area contributed by atoms with E-state index < -0.39 is 12.0 Å². The number of carbonyl (C=O) groups is 2. The van der Waals surface area contributed by atoms with Crippen molar-refractivity contribution in [3.63, 3.8) is 0 Å². The first-order valence-electron chi connectivity index (χ1n) is 3.86. The Morgan fingerprint density at radius 2 is 2.27 bits per heavy atom. The van der Waals surface area contributed by atoms with E-state index in [1.807, 2.05) is 0 Å². The minimum absolute atomic E-state index is 0. The maximum absolute atomic E-state index is 11.3. The predicted octanol–water partition coefficient (Wildman–Crippen LogP) is 0.186. The molecular formula is C7H8Cl2N2O3S. The molecule has 3 N–H and O–H groups in total. The monoisotopic (exact) mass is 270 g/mol. The first-order chi connectivity index (χ1) is 6.54. The maximum atomic E-state index is 11.3. The molecule has 1 fully saturated rings. The number of amides is 1.